The quantitative estimate of drug-likeness (QED) is 0.769. The fourth-order valence-electron chi connectivity index (χ4n) is 2.23. The minimum Gasteiger partial charge on any atom is -0.305 e. The monoisotopic (exact) mass is 262 g/mol. The second kappa shape index (κ2) is 5.13. The molecule has 0 fully saturated rings. The lowest BCUT2D eigenvalue weighted by Gasteiger charge is -2.07. The molecule has 0 amide bonds. The van der Waals surface area contributed by atoms with Gasteiger partial charge in [0.2, 0.25) is 0 Å². The summed E-state index contributed by atoms with van der Waals surface area (Å²) in [5, 5.41) is 0. The highest BCUT2D eigenvalue weighted by Crippen LogP contribution is 2.23. The molecule has 0 saturated carbocycles. The number of nitrogens with zero attached hydrogens (tertiary/aromatic N) is 1. The number of aromatic nitrogens is 2. The van der Waals surface area contributed by atoms with E-state index in [-0.39, 0.29) is 5.69 Å². The predicted molar refractivity (Wildman–Crippen MR) is 80.5 cm³/mol. The Hall–Kier alpha value is -2.68. The van der Waals surface area contributed by atoms with Crippen LogP contribution in [0, 0.1) is 6.92 Å². The Morgan fingerprint density at radius 2 is 1.65 bits per heavy atom. The van der Waals surface area contributed by atoms with Crippen LogP contribution in [0.2, 0.25) is 0 Å². The van der Waals surface area contributed by atoms with E-state index in [9.17, 15) is 4.79 Å². The van der Waals surface area contributed by atoms with Gasteiger partial charge in [-0.05, 0) is 18.6 Å². The zero-order chi connectivity index (χ0) is 13.9. The van der Waals surface area contributed by atoms with Crippen LogP contribution in [-0.2, 0) is 0 Å². The average Bonchev–Trinajstić information content (AvgIpc) is 2.48. The molecule has 3 nitrogen and oxygen atoms in total. The zero-order valence-electron chi connectivity index (χ0n) is 11.1. The fourth-order valence-corrected chi connectivity index (χ4v) is 2.23. The normalized spacial score (nSPS) is 10.4. The van der Waals surface area contributed by atoms with Gasteiger partial charge in [-0.1, -0.05) is 54.6 Å². The topological polar surface area (TPSA) is 45.8 Å². The van der Waals surface area contributed by atoms with Crippen LogP contribution in [0.3, 0.4) is 0 Å². The van der Waals surface area contributed by atoms with E-state index in [2.05, 4.69) is 9.97 Å². The number of hydrogen-bond acceptors (Lipinski definition) is 2. The highest BCUT2D eigenvalue weighted by atomic mass is 16.1. The number of hydrogen-bond donors (Lipinski definition) is 1. The maximum atomic E-state index is 11.8. The smallest absolute Gasteiger partial charge is 0.305 e. The summed E-state index contributed by atoms with van der Waals surface area (Å²) in [6.07, 6.45) is 0. The van der Waals surface area contributed by atoms with Crippen LogP contribution in [0.25, 0.3) is 22.5 Å². The number of rotatable bonds is 2. The number of H-pyrrole nitrogens is 1. The van der Waals surface area contributed by atoms with Crippen molar-refractivity contribution in [1.29, 1.82) is 0 Å². The van der Waals surface area contributed by atoms with Crippen molar-refractivity contribution in [3.05, 3.63) is 76.7 Å². The van der Waals surface area contributed by atoms with Gasteiger partial charge in [0.25, 0.3) is 0 Å². The number of aryl methyl sites for hydroxylation is 1. The fraction of sp³-hybridized carbons (Fsp3) is 0.0588. The molecule has 3 rings (SSSR count). The van der Waals surface area contributed by atoms with Gasteiger partial charge in [0.1, 0.15) is 0 Å². The summed E-state index contributed by atoms with van der Waals surface area (Å²) in [5.41, 5.74) is 4.23. The van der Waals surface area contributed by atoms with Crippen LogP contribution in [0.1, 0.15) is 5.56 Å². The number of nitrogens with one attached hydrogen (secondary N) is 1. The van der Waals surface area contributed by atoms with Gasteiger partial charge in [0.05, 0.1) is 11.4 Å². The van der Waals surface area contributed by atoms with Crippen molar-refractivity contribution in [3.63, 3.8) is 0 Å². The molecule has 1 aromatic heterocycles. The lowest BCUT2D eigenvalue weighted by molar-refractivity contribution is 1.08. The van der Waals surface area contributed by atoms with E-state index in [4.69, 9.17) is 0 Å². The Morgan fingerprint density at radius 3 is 2.40 bits per heavy atom. The average molecular weight is 262 g/mol. The summed E-state index contributed by atoms with van der Waals surface area (Å²) in [6.45, 7) is 2.02. The molecular weight excluding hydrogens is 248 g/mol. The first-order valence-corrected chi connectivity index (χ1v) is 6.47. The van der Waals surface area contributed by atoms with E-state index in [1.807, 2.05) is 67.6 Å². The molecule has 0 unspecified atom stereocenters. The summed E-state index contributed by atoms with van der Waals surface area (Å²) >= 11 is 0. The summed E-state index contributed by atoms with van der Waals surface area (Å²) in [5.74, 6) is 0. The van der Waals surface area contributed by atoms with Gasteiger partial charge in [-0.15, -0.1) is 0 Å². The third-order valence-electron chi connectivity index (χ3n) is 3.25. The number of aromatic amines is 1. The predicted octanol–water partition coefficient (Wildman–Crippen LogP) is 3.41. The largest absolute Gasteiger partial charge is 0.345 e. The molecule has 20 heavy (non-hydrogen) atoms. The van der Waals surface area contributed by atoms with Gasteiger partial charge in [-0.25, -0.2) is 4.79 Å². The molecule has 1 heterocycles. The summed E-state index contributed by atoms with van der Waals surface area (Å²) in [6, 6.07) is 19.6. The van der Waals surface area contributed by atoms with Crippen molar-refractivity contribution in [2.24, 2.45) is 0 Å². The molecule has 3 heteroatoms. The molecule has 2 aromatic carbocycles. The molecular formula is C17H14N2O. The minimum atomic E-state index is -0.329. The van der Waals surface area contributed by atoms with Gasteiger partial charge in [-0.3, -0.25) is 0 Å². The van der Waals surface area contributed by atoms with Crippen LogP contribution < -0.4 is 5.69 Å². The third-order valence-corrected chi connectivity index (χ3v) is 3.25. The zero-order valence-corrected chi connectivity index (χ0v) is 11.1. The van der Waals surface area contributed by atoms with Gasteiger partial charge in [0.15, 0.2) is 0 Å². The van der Waals surface area contributed by atoms with Crippen LogP contribution in [0.4, 0.5) is 0 Å². The van der Waals surface area contributed by atoms with E-state index >= 15 is 0 Å². The Kier molecular flexibility index (Phi) is 3.17. The molecule has 0 bridgehead atoms. The SMILES string of the molecule is Cc1ccccc1-c1cc(-c2ccccc2)nc(=O)[nH]1. The van der Waals surface area contributed by atoms with Crippen LogP contribution in [-0.4, -0.2) is 9.97 Å². The van der Waals surface area contributed by atoms with Gasteiger partial charge >= 0.3 is 5.69 Å². The molecule has 3 aromatic rings. The summed E-state index contributed by atoms with van der Waals surface area (Å²) in [7, 11) is 0. The highest BCUT2D eigenvalue weighted by Gasteiger charge is 2.06. The maximum absolute atomic E-state index is 11.8. The summed E-state index contributed by atoms with van der Waals surface area (Å²) < 4.78 is 0. The van der Waals surface area contributed by atoms with E-state index in [0.29, 0.717) is 5.69 Å². The Bertz CT molecular complexity index is 791. The summed E-state index contributed by atoms with van der Waals surface area (Å²) in [4.78, 5) is 18.7. The maximum Gasteiger partial charge on any atom is 0.345 e. The second-order valence-electron chi connectivity index (χ2n) is 4.67. The number of benzene rings is 2. The lowest BCUT2D eigenvalue weighted by atomic mass is 10.0. The highest BCUT2D eigenvalue weighted by molar-refractivity contribution is 5.69. The molecule has 1 N–H and O–H groups in total. The molecule has 0 saturated heterocycles. The molecule has 0 aliphatic rings. The van der Waals surface area contributed by atoms with Gasteiger partial charge < -0.3 is 4.98 Å². The van der Waals surface area contributed by atoms with Crippen molar-refractivity contribution in [3.8, 4) is 22.5 Å². The first-order chi connectivity index (χ1) is 9.74. The first kappa shape index (κ1) is 12.4. The Labute approximate surface area is 117 Å². The molecule has 0 aliphatic carbocycles. The first-order valence-electron chi connectivity index (χ1n) is 6.47. The van der Waals surface area contributed by atoms with Crippen LogP contribution >= 0.6 is 0 Å². The standard InChI is InChI=1S/C17H14N2O/c1-12-7-5-6-10-14(12)16-11-15(18-17(20)19-16)13-8-3-2-4-9-13/h2-11H,1H3,(H,18,19,20). The third kappa shape index (κ3) is 2.38. The van der Waals surface area contributed by atoms with E-state index in [1.165, 1.54) is 0 Å². The second-order valence-corrected chi connectivity index (χ2v) is 4.67. The van der Waals surface area contributed by atoms with Crippen LogP contribution in [0.5, 0.6) is 0 Å². The van der Waals surface area contributed by atoms with E-state index < -0.39 is 0 Å². The lowest BCUT2D eigenvalue weighted by Crippen LogP contribution is -2.12. The van der Waals surface area contributed by atoms with Crippen molar-refractivity contribution in [2.45, 2.75) is 6.92 Å². The van der Waals surface area contributed by atoms with Crippen molar-refractivity contribution in [1.82, 2.24) is 9.97 Å². The van der Waals surface area contributed by atoms with E-state index in [1.54, 1.807) is 0 Å². The molecule has 0 aliphatic heterocycles. The van der Waals surface area contributed by atoms with E-state index in [0.717, 1.165) is 22.4 Å². The molecule has 0 atom stereocenters. The molecule has 98 valence electrons. The van der Waals surface area contributed by atoms with Crippen LogP contribution in [0.15, 0.2) is 65.5 Å². The van der Waals surface area contributed by atoms with Crippen molar-refractivity contribution >= 4 is 0 Å². The van der Waals surface area contributed by atoms with Crippen molar-refractivity contribution in [2.75, 3.05) is 0 Å². The minimum absolute atomic E-state index is 0.329. The Balaban J connectivity index is 2.18. The Morgan fingerprint density at radius 1 is 0.950 bits per heavy atom. The molecule has 0 spiro atoms. The van der Waals surface area contributed by atoms with Gasteiger partial charge in [-0.2, -0.15) is 4.98 Å². The van der Waals surface area contributed by atoms with Crippen molar-refractivity contribution < 1.29 is 0 Å². The molecule has 0 radical (unpaired) electrons. The van der Waals surface area contributed by atoms with Gasteiger partial charge in [0, 0.05) is 11.1 Å².